The first-order valence-corrected chi connectivity index (χ1v) is 9.26. The number of carbonyl (C=O) groups is 2. The molecule has 0 saturated carbocycles. The van der Waals surface area contributed by atoms with E-state index < -0.39 is 0 Å². The molecular weight excluding hydrogens is 326 g/mol. The van der Waals surface area contributed by atoms with Gasteiger partial charge in [-0.3, -0.25) is 9.59 Å². The predicted octanol–water partition coefficient (Wildman–Crippen LogP) is 3.75. The Balaban J connectivity index is 1.51. The van der Waals surface area contributed by atoms with Crippen LogP contribution in [0.4, 0.5) is 0 Å². The quantitative estimate of drug-likeness (QED) is 0.745. The van der Waals surface area contributed by atoms with Crippen molar-refractivity contribution in [1.29, 1.82) is 0 Å². The zero-order valence-corrected chi connectivity index (χ0v) is 15.2. The molecule has 0 aromatic heterocycles. The molecule has 2 aromatic rings. The number of rotatable bonds is 6. The zero-order valence-electron chi connectivity index (χ0n) is 15.2. The van der Waals surface area contributed by atoms with E-state index in [-0.39, 0.29) is 17.6 Å². The number of ketones is 1. The van der Waals surface area contributed by atoms with E-state index in [1.807, 2.05) is 66.4 Å². The zero-order chi connectivity index (χ0) is 18.4. The minimum absolute atomic E-state index is 0.0203. The highest BCUT2D eigenvalue weighted by molar-refractivity contribution is 5.98. The lowest BCUT2D eigenvalue weighted by Crippen LogP contribution is -2.41. The minimum atomic E-state index is 0.0203. The van der Waals surface area contributed by atoms with Crippen molar-refractivity contribution >= 4 is 11.7 Å². The SMILES string of the molecule is CCOc1ccc(CC(=O)N2CCC(C(=O)c3ccccc3)CC2)cc1. The van der Waals surface area contributed by atoms with Crippen LogP contribution in [0.5, 0.6) is 5.75 Å². The molecule has 0 aliphatic carbocycles. The first-order chi connectivity index (χ1) is 12.7. The summed E-state index contributed by atoms with van der Waals surface area (Å²) in [7, 11) is 0. The summed E-state index contributed by atoms with van der Waals surface area (Å²) in [6.45, 7) is 3.89. The number of hydrogen-bond donors (Lipinski definition) is 0. The third-order valence-electron chi connectivity index (χ3n) is 4.87. The molecule has 0 atom stereocenters. The van der Waals surface area contributed by atoms with E-state index >= 15 is 0 Å². The first-order valence-electron chi connectivity index (χ1n) is 9.26. The van der Waals surface area contributed by atoms with Crippen molar-refractivity contribution in [1.82, 2.24) is 4.90 Å². The second-order valence-corrected chi connectivity index (χ2v) is 6.64. The summed E-state index contributed by atoms with van der Waals surface area (Å²) in [6, 6.07) is 17.1. The van der Waals surface area contributed by atoms with E-state index in [1.54, 1.807) is 0 Å². The van der Waals surface area contributed by atoms with Crippen LogP contribution in [0.3, 0.4) is 0 Å². The molecule has 0 bridgehead atoms. The fraction of sp³-hybridized carbons (Fsp3) is 0.364. The van der Waals surface area contributed by atoms with Crippen molar-refractivity contribution in [2.75, 3.05) is 19.7 Å². The number of piperidine rings is 1. The molecule has 4 nitrogen and oxygen atoms in total. The summed E-state index contributed by atoms with van der Waals surface area (Å²) in [4.78, 5) is 27.0. The molecule has 2 aromatic carbocycles. The Morgan fingerprint density at radius 1 is 1.00 bits per heavy atom. The van der Waals surface area contributed by atoms with Crippen LogP contribution in [-0.4, -0.2) is 36.3 Å². The number of likely N-dealkylation sites (tertiary alicyclic amines) is 1. The van der Waals surface area contributed by atoms with E-state index in [2.05, 4.69) is 0 Å². The van der Waals surface area contributed by atoms with Gasteiger partial charge in [0, 0.05) is 24.6 Å². The van der Waals surface area contributed by atoms with Gasteiger partial charge in [-0.1, -0.05) is 42.5 Å². The van der Waals surface area contributed by atoms with Crippen LogP contribution >= 0.6 is 0 Å². The molecule has 1 amide bonds. The lowest BCUT2D eigenvalue weighted by atomic mass is 9.88. The van der Waals surface area contributed by atoms with E-state index in [0.717, 1.165) is 29.7 Å². The number of ether oxygens (including phenoxy) is 1. The van der Waals surface area contributed by atoms with Crippen LogP contribution in [0.15, 0.2) is 54.6 Å². The molecule has 0 unspecified atom stereocenters. The number of carbonyl (C=O) groups excluding carboxylic acids is 2. The molecule has 136 valence electrons. The first kappa shape index (κ1) is 18.2. The number of hydrogen-bond acceptors (Lipinski definition) is 3. The average molecular weight is 351 g/mol. The predicted molar refractivity (Wildman–Crippen MR) is 101 cm³/mol. The Labute approximate surface area is 154 Å². The lowest BCUT2D eigenvalue weighted by Gasteiger charge is -2.31. The summed E-state index contributed by atoms with van der Waals surface area (Å²) in [6.07, 6.45) is 1.87. The molecule has 1 aliphatic heterocycles. The van der Waals surface area contributed by atoms with Crippen molar-refractivity contribution in [3.05, 3.63) is 65.7 Å². The van der Waals surface area contributed by atoms with E-state index in [0.29, 0.717) is 26.1 Å². The van der Waals surface area contributed by atoms with Crippen LogP contribution in [0.1, 0.15) is 35.7 Å². The van der Waals surface area contributed by atoms with Gasteiger partial charge >= 0.3 is 0 Å². The van der Waals surface area contributed by atoms with Gasteiger partial charge < -0.3 is 9.64 Å². The van der Waals surface area contributed by atoms with Crippen molar-refractivity contribution in [3.8, 4) is 5.75 Å². The number of benzene rings is 2. The van der Waals surface area contributed by atoms with Gasteiger partial charge in [0.2, 0.25) is 5.91 Å². The minimum Gasteiger partial charge on any atom is -0.494 e. The molecular formula is C22H25NO3. The Morgan fingerprint density at radius 3 is 2.27 bits per heavy atom. The summed E-state index contributed by atoms with van der Waals surface area (Å²) in [5.74, 6) is 1.17. The fourth-order valence-corrected chi connectivity index (χ4v) is 3.39. The molecule has 26 heavy (non-hydrogen) atoms. The molecule has 1 aliphatic rings. The summed E-state index contributed by atoms with van der Waals surface area (Å²) < 4.78 is 5.43. The largest absolute Gasteiger partial charge is 0.494 e. The van der Waals surface area contributed by atoms with Crippen LogP contribution in [0, 0.1) is 5.92 Å². The van der Waals surface area contributed by atoms with Crippen LogP contribution in [0.25, 0.3) is 0 Å². The van der Waals surface area contributed by atoms with Gasteiger partial charge in [0.1, 0.15) is 5.75 Å². The second-order valence-electron chi connectivity index (χ2n) is 6.64. The highest BCUT2D eigenvalue weighted by atomic mass is 16.5. The van der Waals surface area contributed by atoms with Gasteiger partial charge in [0.05, 0.1) is 13.0 Å². The number of Topliss-reactive ketones (excluding diaryl/α,β-unsaturated/α-hetero) is 1. The fourth-order valence-electron chi connectivity index (χ4n) is 3.39. The Morgan fingerprint density at radius 2 is 1.65 bits per heavy atom. The molecule has 0 spiro atoms. The summed E-state index contributed by atoms with van der Waals surface area (Å²) in [5.41, 5.74) is 1.76. The molecule has 0 radical (unpaired) electrons. The Kier molecular flexibility index (Phi) is 6.05. The monoisotopic (exact) mass is 351 g/mol. The maximum absolute atomic E-state index is 12.5. The molecule has 4 heteroatoms. The van der Waals surface area contributed by atoms with E-state index in [1.165, 1.54) is 0 Å². The second kappa shape index (κ2) is 8.65. The van der Waals surface area contributed by atoms with E-state index in [9.17, 15) is 9.59 Å². The van der Waals surface area contributed by atoms with Crippen molar-refractivity contribution in [3.63, 3.8) is 0 Å². The highest BCUT2D eigenvalue weighted by Gasteiger charge is 2.27. The van der Waals surface area contributed by atoms with Gasteiger partial charge in [-0.05, 0) is 37.5 Å². The Hall–Kier alpha value is -2.62. The maximum Gasteiger partial charge on any atom is 0.226 e. The van der Waals surface area contributed by atoms with Crippen LogP contribution in [0.2, 0.25) is 0 Å². The maximum atomic E-state index is 12.5. The molecule has 1 heterocycles. The van der Waals surface area contributed by atoms with Crippen LogP contribution in [-0.2, 0) is 11.2 Å². The molecule has 0 N–H and O–H groups in total. The average Bonchev–Trinajstić information content (AvgIpc) is 2.70. The smallest absolute Gasteiger partial charge is 0.226 e. The molecule has 1 fully saturated rings. The van der Waals surface area contributed by atoms with Gasteiger partial charge in [-0.2, -0.15) is 0 Å². The standard InChI is InChI=1S/C22H25NO3/c1-2-26-20-10-8-17(9-11-20)16-21(24)23-14-12-19(13-15-23)22(25)18-6-4-3-5-7-18/h3-11,19H,2,12-16H2,1H3. The van der Waals surface area contributed by atoms with Gasteiger partial charge in [-0.15, -0.1) is 0 Å². The highest BCUT2D eigenvalue weighted by Crippen LogP contribution is 2.22. The molecule has 1 saturated heterocycles. The normalized spacial score (nSPS) is 14.9. The van der Waals surface area contributed by atoms with Crippen molar-refractivity contribution in [2.24, 2.45) is 5.92 Å². The van der Waals surface area contributed by atoms with Crippen molar-refractivity contribution < 1.29 is 14.3 Å². The summed E-state index contributed by atoms with van der Waals surface area (Å²) in [5, 5.41) is 0. The molecule has 3 rings (SSSR count). The lowest BCUT2D eigenvalue weighted by molar-refractivity contribution is -0.131. The van der Waals surface area contributed by atoms with Gasteiger partial charge in [-0.25, -0.2) is 0 Å². The summed E-state index contributed by atoms with van der Waals surface area (Å²) >= 11 is 0. The topological polar surface area (TPSA) is 46.6 Å². The van der Waals surface area contributed by atoms with Crippen molar-refractivity contribution in [2.45, 2.75) is 26.2 Å². The van der Waals surface area contributed by atoms with Gasteiger partial charge in [0.15, 0.2) is 5.78 Å². The number of amides is 1. The van der Waals surface area contributed by atoms with Gasteiger partial charge in [0.25, 0.3) is 0 Å². The van der Waals surface area contributed by atoms with E-state index in [4.69, 9.17) is 4.74 Å². The van der Waals surface area contributed by atoms with Crippen LogP contribution < -0.4 is 4.74 Å². The number of nitrogens with zero attached hydrogens (tertiary/aromatic N) is 1. The third-order valence-corrected chi connectivity index (χ3v) is 4.87. The third kappa shape index (κ3) is 4.51. The Bertz CT molecular complexity index is 732.